The minimum Gasteiger partial charge on any atom is -0.355 e. The van der Waals surface area contributed by atoms with Gasteiger partial charge in [0.1, 0.15) is 0 Å². The van der Waals surface area contributed by atoms with Gasteiger partial charge >= 0.3 is 0 Å². The van der Waals surface area contributed by atoms with Crippen LogP contribution in [-0.4, -0.2) is 4.98 Å². The Morgan fingerprint density at radius 3 is 2.60 bits per heavy atom. The lowest BCUT2D eigenvalue weighted by Gasteiger charge is -1.93. The second-order valence-corrected chi connectivity index (χ2v) is 3.68. The number of para-hydroxylation sites is 1. The van der Waals surface area contributed by atoms with Crippen molar-refractivity contribution in [2.24, 2.45) is 0 Å². The van der Waals surface area contributed by atoms with Crippen LogP contribution >= 0.6 is 0 Å². The lowest BCUT2D eigenvalue weighted by Crippen LogP contribution is -1.71. The third kappa shape index (κ3) is 1.17. The Bertz CT molecular complexity index is 647. The van der Waals surface area contributed by atoms with Crippen LogP contribution in [0.4, 0.5) is 0 Å². The highest BCUT2D eigenvalue weighted by molar-refractivity contribution is 6.07. The summed E-state index contributed by atoms with van der Waals surface area (Å²) < 4.78 is 0. The van der Waals surface area contributed by atoms with Crippen LogP contribution in [0.2, 0.25) is 0 Å². The fourth-order valence-corrected chi connectivity index (χ4v) is 1.99. The average Bonchev–Trinajstić information content (AvgIpc) is 2.66. The summed E-state index contributed by atoms with van der Waals surface area (Å²) in [5, 5.41) is 2.54. The molecular formula is C14H11N. The van der Waals surface area contributed by atoms with E-state index < -0.39 is 0 Å². The minimum atomic E-state index is 1.16. The van der Waals surface area contributed by atoms with E-state index in [2.05, 4.69) is 48.0 Å². The molecule has 0 bridgehead atoms. The van der Waals surface area contributed by atoms with E-state index in [-0.39, 0.29) is 0 Å². The second kappa shape index (κ2) is 2.99. The molecule has 1 nitrogen and oxygen atoms in total. The molecule has 0 aliphatic carbocycles. The van der Waals surface area contributed by atoms with E-state index in [0.29, 0.717) is 0 Å². The summed E-state index contributed by atoms with van der Waals surface area (Å²) >= 11 is 0. The fraction of sp³-hybridized carbons (Fsp3) is 0. The van der Waals surface area contributed by atoms with Crippen molar-refractivity contribution >= 4 is 27.9 Å². The predicted octanol–water partition coefficient (Wildman–Crippen LogP) is 3.96. The molecule has 0 radical (unpaired) electrons. The molecule has 1 heterocycles. The summed E-state index contributed by atoms with van der Waals surface area (Å²) in [6.45, 7) is 3.79. The van der Waals surface area contributed by atoms with E-state index in [0.717, 1.165) is 5.56 Å². The van der Waals surface area contributed by atoms with Gasteiger partial charge in [-0.15, -0.1) is 0 Å². The Morgan fingerprint density at radius 2 is 1.73 bits per heavy atom. The van der Waals surface area contributed by atoms with Gasteiger partial charge in [0.15, 0.2) is 0 Å². The Morgan fingerprint density at radius 1 is 0.933 bits per heavy atom. The molecular weight excluding hydrogens is 182 g/mol. The molecule has 0 fully saturated rings. The monoisotopic (exact) mass is 193 g/mol. The largest absolute Gasteiger partial charge is 0.355 e. The van der Waals surface area contributed by atoms with Gasteiger partial charge in [-0.25, -0.2) is 0 Å². The van der Waals surface area contributed by atoms with Crippen LogP contribution in [0.3, 0.4) is 0 Å². The van der Waals surface area contributed by atoms with Crippen molar-refractivity contribution < 1.29 is 0 Å². The van der Waals surface area contributed by atoms with Crippen molar-refractivity contribution in [3.05, 3.63) is 54.6 Å². The molecule has 0 saturated heterocycles. The SMILES string of the molecule is C=Cc1ccc2[nH]c3ccccc3c2c1. The van der Waals surface area contributed by atoms with Gasteiger partial charge in [0, 0.05) is 21.8 Å². The van der Waals surface area contributed by atoms with Crippen molar-refractivity contribution in [3.63, 3.8) is 0 Å². The van der Waals surface area contributed by atoms with Gasteiger partial charge in [-0.1, -0.05) is 36.9 Å². The number of hydrogen-bond acceptors (Lipinski definition) is 0. The quantitative estimate of drug-likeness (QED) is 0.602. The molecule has 0 atom stereocenters. The van der Waals surface area contributed by atoms with Gasteiger partial charge in [0.2, 0.25) is 0 Å². The van der Waals surface area contributed by atoms with Gasteiger partial charge in [0.25, 0.3) is 0 Å². The van der Waals surface area contributed by atoms with Crippen molar-refractivity contribution in [2.45, 2.75) is 0 Å². The molecule has 1 heteroatoms. The first-order valence-corrected chi connectivity index (χ1v) is 5.01. The molecule has 1 N–H and O–H groups in total. The fourth-order valence-electron chi connectivity index (χ4n) is 1.99. The lowest BCUT2D eigenvalue weighted by molar-refractivity contribution is 1.54. The molecule has 1 aromatic heterocycles. The summed E-state index contributed by atoms with van der Waals surface area (Å²) in [6.07, 6.45) is 1.88. The first-order valence-electron chi connectivity index (χ1n) is 5.01. The number of fused-ring (bicyclic) bond motifs is 3. The van der Waals surface area contributed by atoms with Gasteiger partial charge in [0.05, 0.1) is 0 Å². The first kappa shape index (κ1) is 8.30. The molecule has 3 aromatic rings. The second-order valence-electron chi connectivity index (χ2n) is 3.68. The van der Waals surface area contributed by atoms with Crippen molar-refractivity contribution in [1.29, 1.82) is 0 Å². The predicted molar refractivity (Wildman–Crippen MR) is 65.9 cm³/mol. The third-order valence-electron chi connectivity index (χ3n) is 2.77. The van der Waals surface area contributed by atoms with Crippen LogP contribution in [-0.2, 0) is 0 Å². The molecule has 2 aromatic carbocycles. The highest BCUT2D eigenvalue weighted by Crippen LogP contribution is 2.26. The molecule has 72 valence electrons. The molecule has 0 aliphatic rings. The zero-order valence-corrected chi connectivity index (χ0v) is 8.33. The zero-order chi connectivity index (χ0) is 10.3. The van der Waals surface area contributed by atoms with E-state index in [1.165, 1.54) is 21.8 Å². The molecule has 0 aliphatic heterocycles. The smallest absolute Gasteiger partial charge is 0.0465 e. The summed E-state index contributed by atoms with van der Waals surface area (Å²) in [6, 6.07) is 14.7. The Balaban J connectivity index is 2.51. The average molecular weight is 193 g/mol. The number of rotatable bonds is 1. The number of benzene rings is 2. The van der Waals surface area contributed by atoms with E-state index in [1.807, 2.05) is 12.1 Å². The first-order chi connectivity index (χ1) is 7.38. The zero-order valence-electron chi connectivity index (χ0n) is 8.33. The van der Waals surface area contributed by atoms with Crippen LogP contribution < -0.4 is 0 Å². The minimum absolute atomic E-state index is 1.16. The third-order valence-corrected chi connectivity index (χ3v) is 2.77. The molecule has 0 saturated carbocycles. The van der Waals surface area contributed by atoms with Gasteiger partial charge < -0.3 is 4.98 Å². The molecule has 0 unspecified atom stereocenters. The van der Waals surface area contributed by atoms with E-state index >= 15 is 0 Å². The maximum atomic E-state index is 3.79. The highest BCUT2D eigenvalue weighted by Gasteiger charge is 2.02. The number of hydrogen-bond donors (Lipinski definition) is 1. The standard InChI is InChI=1S/C14H11N/c1-2-10-7-8-14-12(9-10)11-5-3-4-6-13(11)15-14/h2-9,15H,1H2. The van der Waals surface area contributed by atoms with Crippen LogP contribution in [0.25, 0.3) is 27.9 Å². The summed E-state index contributed by atoms with van der Waals surface area (Å²) in [4.78, 5) is 3.39. The van der Waals surface area contributed by atoms with Crippen molar-refractivity contribution in [2.75, 3.05) is 0 Å². The summed E-state index contributed by atoms with van der Waals surface area (Å²) in [7, 11) is 0. The van der Waals surface area contributed by atoms with Crippen LogP contribution in [0.15, 0.2) is 49.0 Å². The number of nitrogens with one attached hydrogen (secondary N) is 1. The normalized spacial score (nSPS) is 10.9. The van der Waals surface area contributed by atoms with Crippen LogP contribution in [0.1, 0.15) is 5.56 Å². The topological polar surface area (TPSA) is 15.8 Å². The van der Waals surface area contributed by atoms with E-state index in [4.69, 9.17) is 0 Å². The summed E-state index contributed by atoms with van der Waals surface area (Å²) in [5.41, 5.74) is 3.53. The summed E-state index contributed by atoms with van der Waals surface area (Å²) in [5.74, 6) is 0. The number of H-pyrrole nitrogens is 1. The molecule has 15 heavy (non-hydrogen) atoms. The molecule has 0 spiro atoms. The lowest BCUT2D eigenvalue weighted by atomic mass is 10.1. The van der Waals surface area contributed by atoms with Gasteiger partial charge in [-0.05, 0) is 23.8 Å². The maximum absolute atomic E-state index is 3.79. The van der Waals surface area contributed by atoms with Crippen molar-refractivity contribution in [3.8, 4) is 0 Å². The van der Waals surface area contributed by atoms with Crippen molar-refractivity contribution in [1.82, 2.24) is 4.98 Å². The Kier molecular flexibility index (Phi) is 1.65. The number of aromatic nitrogens is 1. The van der Waals surface area contributed by atoms with Crippen LogP contribution in [0.5, 0.6) is 0 Å². The Hall–Kier alpha value is -2.02. The highest BCUT2D eigenvalue weighted by atomic mass is 14.7. The number of aromatic amines is 1. The van der Waals surface area contributed by atoms with E-state index in [1.54, 1.807) is 0 Å². The van der Waals surface area contributed by atoms with E-state index in [9.17, 15) is 0 Å². The van der Waals surface area contributed by atoms with Gasteiger partial charge in [-0.2, -0.15) is 0 Å². The Labute approximate surface area is 88.0 Å². The molecule has 0 amide bonds. The van der Waals surface area contributed by atoms with Crippen LogP contribution in [0, 0.1) is 0 Å². The maximum Gasteiger partial charge on any atom is 0.0465 e. The molecule has 3 rings (SSSR count). The van der Waals surface area contributed by atoms with Gasteiger partial charge in [-0.3, -0.25) is 0 Å².